The number of piperidine rings is 1. The quantitative estimate of drug-likeness (QED) is 0.699. The standard InChI is InChI=1S/C20H22N6O2S/c27-18-17(29-20(28)25-18)11-15-4-8-23-19(24-15)26-9-5-14(6-10-26)12-21-13-16-3-1-2-7-22-16/h1-4,7-8,11,14,21H,5-6,9-10,12-13H2,(H,25,27,28). The number of pyridine rings is 1. The minimum Gasteiger partial charge on any atom is -0.341 e. The Morgan fingerprint density at radius 1 is 1.17 bits per heavy atom. The van der Waals surface area contributed by atoms with E-state index in [1.807, 2.05) is 24.4 Å². The zero-order chi connectivity index (χ0) is 20.1. The van der Waals surface area contributed by atoms with Gasteiger partial charge >= 0.3 is 0 Å². The second kappa shape index (κ2) is 9.15. The monoisotopic (exact) mass is 410 g/mol. The molecule has 2 aliphatic rings. The molecular weight excluding hydrogens is 388 g/mol. The maximum Gasteiger partial charge on any atom is 0.290 e. The Kier molecular flexibility index (Phi) is 6.16. The van der Waals surface area contributed by atoms with E-state index in [2.05, 4.69) is 30.5 Å². The largest absolute Gasteiger partial charge is 0.341 e. The van der Waals surface area contributed by atoms with Gasteiger partial charge in [0.25, 0.3) is 11.1 Å². The van der Waals surface area contributed by atoms with Crippen LogP contribution in [0.15, 0.2) is 41.6 Å². The number of nitrogens with one attached hydrogen (secondary N) is 2. The first-order valence-electron chi connectivity index (χ1n) is 9.61. The zero-order valence-electron chi connectivity index (χ0n) is 15.9. The van der Waals surface area contributed by atoms with E-state index in [9.17, 15) is 9.59 Å². The van der Waals surface area contributed by atoms with Gasteiger partial charge in [0.2, 0.25) is 5.95 Å². The average molecular weight is 411 g/mol. The fourth-order valence-corrected chi connectivity index (χ4v) is 4.06. The molecule has 29 heavy (non-hydrogen) atoms. The van der Waals surface area contributed by atoms with E-state index in [4.69, 9.17) is 0 Å². The lowest BCUT2D eigenvalue weighted by atomic mass is 9.97. The minimum absolute atomic E-state index is 0.353. The van der Waals surface area contributed by atoms with E-state index in [0.29, 0.717) is 22.5 Å². The first-order valence-corrected chi connectivity index (χ1v) is 10.4. The summed E-state index contributed by atoms with van der Waals surface area (Å²) in [5, 5.41) is 5.39. The summed E-state index contributed by atoms with van der Waals surface area (Å²) in [5.74, 6) is 0.901. The molecule has 0 radical (unpaired) electrons. The molecule has 0 saturated carbocycles. The maximum absolute atomic E-state index is 11.7. The highest BCUT2D eigenvalue weighted by Gasteiger charge is 2.25. The highest BCUT2D eigenvalue weighted by molar-refractivity contribution is 8.18. The average Bonchev–Trinajstić information content (AvgIpc) is 3.06. The number of imide groups is 1. The van der Waals surface area contributed by atoms with E-state index in [1.54, 1.807) is 18.3 Å². The van der Waals surface area contributed by atoms with Crippen molar-refractivity contribution < 1.29 is 9.59 Å². The van der Waals surface area contributed by atoms with Gasteiger partial charge in [0.1, 0.15) is 0 Å². The molecule has 2 aromatic rings. The number of nitrogens with zero attached hydrogens (tertiary/aromatic N) is 4. The van der Waals surface area contributed by atoms with Crippen molar-refractivity contribution in [3.8, 4) is 0 Å². The Bertz CT molecular complexity index is 912. The van der Waals surface area contributed by atoms with Crippen molar-refractivity contribution in [1.29, 1.82) is 0 Å². The van der Waals surface area contributed by atoms with Gasteiger partial charge in [-0.1, -0.05) is 6.07 Å². The molecule has 2 amide bonds. The molecule has 4 rings (SSSR count). The lowest BCUT2D eigenvalue weighted by Crippen LogP contribution is -2.38. The predicted octanol–water partition coefficient (Wildman–Crippen LogP) is 2.20. The number of aromatic nitrogens is 3. The van der Waals surface area contributed by atoms with Crippen molar-refractivity contribution in [3.63, 3.8) is 0 Å². The van der Waals surface area contributed by atoms with Crippen molar-refractivity contribution in [3.05, 3.63) is 53.0 Å². The van der Waals surface area contributed by atoms with Gasteiger partial charge in [0, 0.05) is 32.0 Å². The van der Waals surface area contributed by atoms with Gasteiger partial charge in [-0.15, -0.1) is 0 Å². The normalized spacial score (nSPS) is 19.0. The zero-order valence-corrected chi connectivity index (χ0v) is 16.7. The molecule has 2 N–H and O–H groups in total. The number of hydrogen-bond acceptors (Lipinski definition) is 8. The van der Waals surface area contributed by atoms with Gasteiger partial charge in [-0.2, -0.15) is 0 Å². The van der Waals surface area contributed by atoms with Crippen LogP contribution in [0.1, 0.15) is 24.2 Å². The van der Waals surface area contributed by atoms with E-state index in [0.717, 1.165) is 56.5 Å². The van der Waals surface area contributed by atoms with Crippen LogP contribution in [-0.4, -0.2) is 45.7 Å². The second-order valence-electron chi connectivity index (χ2n) is 7.02. The molecule has 2 fully saturated rings. The van der Waals surface area contributed by atoms with Gasteiger partial charge in [-0.25, -0.2) is 9.97 Å². The fraction of sp³-hybridized carbons (Fsp3) is 0.350. The van der Waals surface area contributed by atoms with Crippen molar-refractivity contribution in [1.82, 2.24) is 25.6 Å². The molecule has 2 saturated heterocycles. The second-order valence-corrected chi connectivity index (χ2v) is 8.03. The van der Waals surface area contributed by atoms with E-state index >= 15 is 0 Å². The molecular formula is C20H22N6O2S. The van der Waals surface area contributed by atoms with Gasteiger partial charge in [0.05, 0.1) is 16.3 Å². The van der Waals surface area contributed by atoms with Gasteiger partial charge in [0.15, 0.2) is 0 Å². The molecule has 0 spiro atoms. The van der Waals surface area contributed by atoms with Crippen LogP contribution in [0.4, 0.5) is 10.7 Å². The summed E-state index contributed by atoms with van der Waals surface area (Å²) >= 11 is 0.892. The summed E-state index contributed by atoms with van der Waals surface area (Å²) < 4.78 is 0. The Hall–Kier alpha value is -2.78. The smallest absolute Gasteiger partial charge is 0.290 e. The van der Waals surface area contributed by atoms with Crippen LogP contribution in [-0.2, 0) is 11.3 Å². The summed E-state index contributed by atoms with van der Waals surface area (Å²) in [5.41, 5.74) is 1.68. The van der Waals surface area contributed by atoms with Crippen molar-refractivity contribution >= 4 is 34.9 Å². The van der Waals surface area contributed by atoms with Gasteiger partial charge in [-0.3, -0.25) is 19.9 Å². The lowest BCUT2D eigenvalue weighted by Gasteiger charge is -2.32. The number of rotatable bonds is 6. The van der Waals surface area contributed by atoms with Crippen LogP contribution in [0.5, 0.6) is 0 Å². The predicted molar refractivity (Wildman–Crippen MR) is 112 cm³/mol. The molecule has 0 aromatic carbocycles. The van der Waals surface area contributed by atoms with E-state index < -0.39 is 0 Å². The number of carbonyl (C=O) groups is 2. The van der Waals surface area contributed by atoms with Crippen LogP contribution in [0.25, 0.3) is 6.08 Å². The van der Waals surface area contributed by atoms with Crippen LogP contribution in [0, 0.1) is 5.92 Å². The van der Waals surface area contributed by atoms with Crippen LogP contribution >= 0.6 is 11.8 Å². The number of hydrogen-bond donors (Lipinski definition) is 2. The molecule has 2 aromatic heterocycles. The third kappa shape index (κ3) is 5.18. The van der Waals surface area contributed by atoms with E-state index in [1.165, 1.54) is 0 Å². The SMILES string of the molecule is O=C1NC(=O)C(=Cc2ccnc(N3CCC(CNCc4ccccn4)CC3)n2)S1. The first kappa shape index (κ1) is 19.5. The van der Waals surface area contributed by atoms with Gasteiger partial charge < -0.3 is 10.2 Å². The highest BCUT2D eigenvalue weighted by Crippen LogP contribution is 2.26. The molecule has 0 bridgehead atoms. The molecule has 0 aliphatic carbocycles. The molecule has 9 heteroatoms. The van der Waals surface area contributed by atoms with Crippen LogP contribution < -0.4 is 15.5 Å². The van der Waals surface area contributed by atoms with Crippen molar-refractivity contribution in [2.75, 3.05) is 24.5 Å². The molecule has 8 nitrogen and oxygen atoms in total. The summed E-state index contributed by atoms with van der Waals surface area (Å²) in [6.45, 7) is 3.54. The number of carbonyl (C=O) groups excluding carboxylic acids is 2. The van der Waals surface area contributed by atoms with Crippen LogP contribution in [0.3, 0.4) is 0 Å². The Morgan fingerprint density at radius 2 is 2.03 bits per heavy atom. The Morgan fingerprint density at radius 3 is 2.76 bits per heavy atom. The third-order valence-corrected chi connectivity index (χ3v) is 5.76. The van der Waals surface area contributed by atoms with Crippen molar-refractivity contribution in [2.45, 2.75) is 19.4 Å². The molecule has 0 unspecified atom stereocenters. The first-order chi connectivity index (χ1) is 14.2. The fourth-order valence-electron chi connectivity index (χ4n) is 3.39. The molecule has 2 aliphatic heterocycles. The van der Waals surface area contributed by atoms with Gasteiger partial charge in [-0.05, 0) is 61.3 Å². The summed E-state index contributed by atoms with van der Waals surface area (Å²) in [7, 11) is 0. The number of anilines is 1. The van der Waals surface area contributed by atoms with E-state index in [-0.39, 0.29) is 11.1 Å². The Labute approximate surface area is 173 Å². The summed E-state index contributed by atoms with van der Waals surface area (Å²) in [6, 6.07) is 7.69. The Balaban J connectivity index is 1.29. The molecule has 4 heterocycles. The molecule has 0 atom stereocenters. The minimum atomic E-state index is -0.376. The molecule has 150 valence electrons. The van der Waals surface area contributed by atoms with Crippen molar-refractivity contribution in [2.24, 2.45) is 5.92 Å². The summed E-state index contributed by atoms with van der Waals surface area (Å²) in [6.07, 6.45) is 7.27. The highest BCUT2D eigenvalue weighted by atomic mass is 32.2. The number of amides is 2. The maximum atomic E-state index is 11.7. The lowest BCUT2D eigenvalue weighted by molar-refractivity contribution is -0.115. The third-order valence-electron chi connectivity index (χ3n) is 4.95. The number of thioether (sulfide) groups is 1. The topological polar surface area (TPSA) is 100 Å². The summed E-state index contributed by atoms with van der Waals surface area (Å²) in [4.78, 5) is 38.8. The van der Waals surface area contributed by atoms with Crippen LogP contribution in [0.2, 0.25) is 0 Å².